The molecule has 0 amide bonds. The number of hydrogen-bond acceptors (Lipinski definition) is 2. The topological polar surface area (TPSA) is 29.3 Å². The Labute approximate surface area is 98.8 Å². The summed E-state index contributed by atoms with van der Waals surface area (Å²) in [4.78, 5) is 2.35. The highest BCUT2D eigenvalue weighted by Gasteiger charge is 2.01. The lowest BCUT2D eigenvalue weighted by Gasteiger charge is -2.18. The van der Waals surface area contributed by atoms with Crippen LogP contribution < -0.4 is 5.73 Å². The van der Waals surface area contributed by atoms with Crippen LogP contribution in [0.4, 0.5) is 0 Å². The van der Waals surface area contributed by atoms with Crippen LogP contribution in [0.25, 0.3) is 0 Å². The van der Waals surface area contributed by atoms with Gasteiger partial charge in [-0.2, -0.15) is 0 Å². The van der Waals surface area contributed by atoms with Crippen molar-refractivity contribution in [3.63, 3.8) is 0 Å². The van der Waals surface area contributed by atoms with Crippen LogP contribution in [0.15, 0.2) is 36.9 Å². The van der Waals surface area contributed by atoms with Gasteiger partial charge < -0.3 is 5.73 Å². The number of nitrogens with zero attached hydrogens (tertiary/aromatic N) is 1. The van der Waals surface area contributed by atoms with E-state index in [9.17, 15) is 0 Å². The second-order valence-corrected chi connectivity index (χ2v) is 3.97. The van der Waals surface area contributed by atoms with Crippen molar-refractivity contribution in [1.29, 1.82) is 0 Å². The Morgan fingerprint density at radius 3 is 2.38 bits per heavy atom. The van der Waals surface area contributed by atoms with Crippen molar-refractivity contribution in [1.82, 2.24) is 4.90 Å². The third-order valence-corrected chi connectivity index (χ3v) is 2.70. The molecule has 88 valence electrons. The highest BCUT2D eigenvalue weighted by Crippen LogP contribution is 2.07. The van der Waals surface area contributed by atoms with Gasteiger partial charge in [-0.1, -0.05) is 37.3 Å². The van der Waals surface area contributed by atoms with Crippen LogP contribution in [-0.2, 0) is 13.0 Å². The second kappa shape index (κ2) is 7.20. The van der Waals surface area contributed by atoms with Gasteiger partial charge in [0.15, 0.2) is 0 Å². The van der Waals surface area contributed by atoms with Crippen molar-refractivity contribution in [2.45, 2.75) is 19.9 Å². The zero-order valence-corrected chi connectivity index (χ0v) is 10.2. The Bertz CT molecular complexity index is 303. The molecule has 2 nitrogen and oxygen atoms in total. The van der Waals surface area contributed by atoms with Crippen LogP contribution in [0, 0.1) is 0 Å². The van der Waals surface area contributed by atoms with Gasteiger partial charge in [0.1, 0.15) is 0 Å². The lowest BCUT2D eigenvalue weighted by Crippen LogP contribution is -2.22. The Balaban J connectivity index is 2.56. The van der Waals surface area contributed by atoms with E-state index in [4.69, 9.17) is 5.73 Å². The van der Waals surface area contributed by atoms with E-state index in [1.165, 1.54) is 11.1 Å². The first-order chi connectivity index (χ1) is 7.80. The van der Waals surface area contributed by atoms with Crippen LogP contribution in [0.3, 0.4) is 0 Å². The van der Waals surface area contributed by atoms with Crippen molar-refractivity contribution in [2.75, 3.05) is 19.6 Å². The third-order valence-electron chi connectivity index (χ3n) is 2.70. The fourth-order valence-electron chi connectivity index (χ4n) is 1.72. The number of likely N-dealkylation sites (N-methyl/N-ethyl adjacent to an activating group) is 1. The molecule has 1 aromatic rings. The summed E-state index contributed by atoms with van der Waals surface area (Å²) >= 11 is 0. The van der Waals surface area contributed by atoms with Crippen molar-refractivity contribution in [3.05, 3.63) is 48.0 Å². The molecule has 2 N–H and O–H groups in total. The fourth-order valence-corrected chi connectivity index (χ4v) is 1.72. The SMILES string of the molecule is C=CCN(CC)Cc1ccc(CCN)cc1. The molecule has 0 spiro atoms. The van der Waals surface area contributed by atoms with Crippen LogP contribution in [0.5, 0.6) is 0 Å². The average molecular weight is 218 g/mol. The Kier molecular flexibility index (Phi) is 5.83. The largest absolute Gasteiger partial charge is 0.330 e. The van der Waals surface area contributed by atoms with E-state index in [2.05, 4.69) is 42.7 Å². The van der Waals surface area contributed by atoms with E-state index < -0.39 is 0 Å². The monoisotopic (exact) mass is 218 g/mol. The van der Waals surface area contributed by atoms with E-state index in [0.29, 0.717) is 0 Å². The molecule has 0 saturated carbocycles. The molecule has 0 fully saturated rings. The molecule has 0 bridgehead atoms. The van der Waals surface area contributed by atoms with Gasteiger partial charge in [0.25, 0.3) is 0 Å². The molecule has 0 aromatic heterocycles. The first kappa shape index (κ1) is 12.9. The van der Waals surface area contributed by atoms with Gasteiger partial charge in [-0.05, 0) is 30.6 Å². The minimum Gasteiger partial charge on any atom is -0.330 e. The Hall–Kier alpha value is -1.12. The van der Waals surface area contributed by atoms with Gasteiger partial charge in [-0.25, -0.2) is 0 Å². The number of rotatable bonds is 7. The summed E-state index contributed by atoms with van der Waals surface area (Å²) in [5, 5.41) is 0. The fraction of sp³-hybridized carbons (Fsp3) is 0.429. The Morgan fingerprint density at radius 1 is 1.25 bits per heavy atom. The van der Waals surface area contributed by atoms with Crippen LogP contribution >= 0.6 is 0 Å². The van der Waals surface area contributed by atoms with Crippen LogP contribution in [0.2, 0.25) is 0 Å². The smallest absolute Gasteiger partial charge is 0.0236 e. The van der Waals surface area contributed by atoms with Gasteiger partial charge in [-0.3, -0.25) is 4.90 Å². The summed E-state index contributed by atoms with van der Waals surface area (Å²) in [5.74, 6) is 0. The maximum atomic E-state index is 5.52. The summed E-state index contributed by atoms with van der Waals surface area (Å²) in [5.41, 5.74) is 8.19. The lowest BCUT2D eigenvalue weighted by atomic mass is 10.1. The zero-order chi connectivity index (χ0) is 11.8. The molecule has 2 heteroatoms. The van der Waals surface area contributed by atoms with Gasteiger partial charge in [0.2, 0.25) is 0 Å². The van der Waals surface area contributed by atoms with E-state index in [1.807, 2.05) is 6.08 Å². The average Bonchev–Trinajstić information content (AvgIpc) is 2.31. The highest BCUT2D eigenvalue weighted by molar-refractivity contribution is 5.22. The predicted molar refractivity (Wildman–Crippen MR) is 70.3 cm³/mol. The minimum atomic E-state index is 0.719. The summed E-state index contributed by atoms with van der Waals surface area (Å²) in [6, 6.07) is 8.72. The number of benzene rings is 1. The second-order valence-electron chi connectivity index (χ2n) is 3.97. The quantitative estimate of drug-likeness (QED) is 0.711. The van der Waals surface area contributed by atoms with Gasteiger partial charge in [0.05, 0.1) is 0 Å². The molecule has 0 heterocycles. The van der Waals surface area contributed by atoms with Gasteiger partial charge >= 0.3 is 0 Å². The molecule has 1 rings (SSSR count). The molecule has 0 atom stereocenters. The zero-order valence-electron chi connectivity index (χ0n) is 10.2. The highest BCUT2D eigenvalue weighted by atomic mass is 15.1. The summed E-state index contributed by atoms with van der Waals surface area (Å²) in [6.45, 7) is 9.65. The van der Waals surface area contributed by atoms with E-state index >= 15 is 0 Å². The maximum absolute atomic E-state index is 5.52. The van der Waals surface area contributed by atoms with Crippen LogP contribution in [-0.4, -0.2) is 24.5 Å². The van der Waals surface area contributed by atoms with Crippen LogP contribution in [0.1, 0.15) is 18.1 Å². The standard InChI is InChI=1S/C14H22N2/c1-3-11-16(4-2)12-14-7-5-13(6-8-14)9-10-15/h3,5-8H,1,4,9-12,15H2,2H3. The molecule has 0 radical (unpaired) electrons. The lowest BCUT2D eigenvalue weighted by molar-refractivity contribution is 0.311. The molecule has 0 unspecified atom stereocenters. The predicted octanol–water partition coefficient (Wildman–Crippen LogP) is 2.20. The van der Waals surface area contributed by atoms with Crippen molar-refractivity contribution < 1.29 is 0 Å². The summed E-state index contributed by atoms with van der Waals surface area (Å²) in [7, 11) is 0. The molecular weight excluding hydrogens is 196 g/mol. The molecular formula is C14H22N2. The molecule has 0 aliphatic rings. The van der Waals surface area contributed by atoms with Crippen molar-refractivity contribution in [3.8, 4) is 0 Å². The molecule has 0 aliphatic heterocycles. The van der Waals surface area contributed by atoms with E-state index in [1.54, 1.807) is 0 Å². The normalized spacial score (nSPS) is 10.7. The molecule has 0 aliphatic carbocycles. The minimum absolute atomic E-state index is 0.719. The summed E-state index contributed by atoms with van der Waals surface area (Å²) in [6.07, 6.45) is 2.91. The van der Waals surface area contributed by atoms with E-state index in [-0.39, 0.29) is 0 Å². The molecule has 1 aromatic carbocycles. The molecule has 16 heavy (non-hydrogen) atoms. The first-order valence-electron chi connectivity index (χ1n) is 5.91. The Morgan fingerprint density at radius 2 is 1.88 bits per heavy atom. The number of hydrogen-bond donors (Lipinski definition) is 1. The van der Waals surface area contributed by atoms with Gasteiger partial charge in [0, 0.05) is 13.1 Å². The maximum Gasteiger partial charge on any atom is 0.0236 e. The van der Waals surface area contributed by atoms with Gasteiger partial charge in [-0.15, -0.1) is 6.58 Å². The number of nitrogens with two attached hydrogens (primary N) is 1. The van der Waals surface area contributed by atoms with Crippen molar-refractivity contribution >= 4 is 0 Å². The molecule has 0 saturated heterocycles. The van der Waals surface area contributed by atoms with E-state index in [0.717, 1.165) is 32.6 Å². The first-order valence-corrected chi connectivity index (χ1v) is 5.91. The third kappa shape index (κ3) is 4.17. The van der Waals surface area contributed by atoms with Crippen molar-refractivity contribution in [2.24, 2.45) is 5.73 Å². The summed E-state index contributed by atoms with van der Waals surface area (Å²) < 4.78 is 0.